The van der Waals surface area contributed by atoms with Crippen molar-refractivity contribution >= 4 is 5.91 Å². The second-order valence-corrected chi connectivity index (χ2v) is 4.79. The molecule has 0 aromatic heterocycles. The van der Waals surface area contributed by atoms with Gasteiger partial charge in [-0.25, -0.2) is 0 Å². The van der Waals surface area contributed by atoms with Crippen molar-refractivity contribution in [1.82, 2.24) is 10.2 Å². The smallest absolute Gasteiger partial charge is 0.236 e. The molecule has 0 spiro atoms. The van der Waals surface area contributed by atoms with Crippen molar-refractivity contribution < 1.29 is 9.53 Å². The third-order valence-corrected chi connectivity index (χ3v) is 3.19. The number of nitrogens with zero attached hydrogens (tertiary/aromatic N) is 1. The first kappa shape index (κ1) is 15.5. The fourth-order valence-corrected chi connectivity index (χ4v) is 1.67. The van der Waals surface area contributed by atoms with E-state index in [1.807, 2.05) is 31.3 Å². The SMILES string of the molecule is CCC(C)NCC(=O)N(C)Cc1cccc(OC)c1. The van der Waals surface area contributed by atoms with Gasteiger partial charge in [-0.1, -0.05) is 19.1 Å². The van der Waals surface area contributed by atoms with Gasteiger partial charge in [-0.2, -0.15) is 0 Å². The molecule has 0 saturated heterocycles. The molecule has 1 unspecified atom stereocenters. The van der Waals surface area contributed by atoms with Gasteiger partial charge in [-0.15, -0.1) is 0 Å². The van der Waals surface area contributed by atoms with Crippen molar-refractivity contribution in [1.29, 1.82) is 0 Å². The van der Waals surface area contributed by atoms with Gasteiger partial charge >= 0.3 is 0 Å². The monoisotopic (exact) mass is 264 g/mol. The summed E-state index contributed by atoms with van der Waals surface area (Å²) < 4.78 is 5.17. The summed E-state index contributed by atoms with van der Waals surface area (Å²) in [6, 6.07) is 8.15. The van der Waals surface area contributed by atoms with E-state index in [1.54, 1.807) is 12.0 Å². The summed E-state index contributed by atoms with van der Waals surface area (Å²) in [5, 5.41) is 3.21. The number of nitrogens with one attached hydrogen (secondary N) is 1. The number of hydrogen-bond donors (Lipinski definition) is 1. The maximum atomic E-state index is 12.0. The molecule has 0 aliphatic rings. The van der Waals surface area contributed by atoms with E-state index >= 15 is 0 Å². The standard InChI is InChI=1S/C15H24N2O2/c1-5-12(2)16-10-15(18)17(3)11-13-7-6-8-14(9-13)19-4/h6-9,12,16H,5,10-11H2,1-4H3. The van der Waals surface area contributed by atoms with E-state index in [-0.39, 0.29) is 5.91 Å². The van der Waals surface area contributed by atoms with Crippen LogP contribution >= 0.6 is 0 Å². The molecule has 0 bridgehead atoms. The van der Waals surface area contributed by atoms with Gasteiger partial charge in [0.05, 0.1) is 13.7 Å². The highest BCUT2D eigenvalue weighted by Gasteiger charge is 2.10. The zero-order valence-electron chi connectivity index (χ0n) is 12.3. The van der Waals surface area contributed by atoms with Crippen molar-refractivity contribution in [2.45, 2.75) is 32.9 Å². The van der Waals surface area contributed by atoms with E-state index in [0.717, 1.165) is 17.7 Å². The molecule has 0 radical (unpaired) electrons. The Hall–Kier alpha value is -1.55. The number of rotatable bonds is 7. The normalized spacial score (nSPS) is 12.0. The second-order valence-electron chi connectivity index (χ2n) is 4.79. The number of benzene rings is 1. The summed E-state index contributed by atoms with van der Waals surface area (Å²) in [6.07, 6.45) is 1.02. The van der Waals surface area contributed by atoms with Crippen LogP contribution in [-0.2, 0) is 11.3 Å². The predicted octanol–water partition coefficient (Wildman–Crippen LogP) is 2.04. The van der Waals surface area contributed by atoms with Crippen LogP contribution < -0.4 is 10.1 Å². The minimum Gasteiger partial charge on any atom is -0.497 e. The molecular weight excluding hydrogens is 240 g/mol. The fraction of sp³-hybridized carbons (Fsp3) is 0.533. The number of carbonyl (C=O) groups is 1. The highest BCUT2D eigenvalue weighted by Crippen LogP contribution is 2.13. The van der Waals surface area contributed by atoms with Crippen LogP contribution in [0, 0.1) is 0 Å². The highest BCUT2D eigenvalue weighted by atomic mass is 16.5. The summed E-state index contributed by atoms with van der Waals surface area (Å²) in [6.45, 7) is 5.16. The first-order chi connectivity index (χ1) is 9.06. The summed E-state index contributed by atoms with van der Waals surface area (Å²) in [4.78, 5) is 13.7. The van der Waals surface area contributed by atoms with Gasteiger partial charge in [-0.3, -0.25) is 4.79 Å². The van der Waals surface area contributed by atoms with Crippen LogP contribution in [0.15, 0.2) is 24.3 Å². The molecule has 1 aromatic rings. The lowest BCUT2D eigenvalue weighted by Crippen LogP contribution is -2.38. The van der Waals surface area contributed by atoms with Gasteiger partial charge in [0.15, 0.2) is 0 Å². The number of likely N-dealkylation sites (N-methyl/N-ethyl adjacent to an activating group) is 1. The molecule has 0 aliphatic carbocycles. The first-order valence-corrected chi connectivity index (χ1v) is 6.67. The number of hydrogen-bond acceptors (Lipinski definition) is 3. The molecule has 0 saturated carbocycles. The molecule has 1 N–H and O–H groups in total. The molecule has 106 valence electrons. The Bertz CT molecular complexity index is 407. The van der Waals surface area contributed by atoms with Crippen LogP contribution in [-0.4, -0.2) is 37.6 Å². The molecule has 0 heterocycles. The quantitative estimate of drug-likeness (QED) is 0.819. The van der Waals surface area contributed by atoms with Crippen molar-refractivity contribution in [3.8, 4) is 5.75 Å². The van der Waals surface area contributed by atoms with Crippen molar-refractivity contribution in [3.05, 3.63) is 29.8 Å². The molecule has 0 aliphatic heterocycles. The van der Waals surface area contributed by atoms with E-state index in [9.17, 15) is 4.79 Å². The second kappa shape index (κ2) is 7.79. The summed E-state index contributed by atoms with van der Waals surface area (Å²) in [7, 11) is 3.46. The van der Waals surface area contributed by atoms with E-state index in [4.69, 9.17) is 4.74 Å². The van der Waals surface area contributed by atoms with E-state index in [1.165, 1.54) is 0 Å². The molecule has 1 aromatic carbocycles. The lowest BCUT2D eigenvalue weighted by atomic mass is 10.2. The zero-order valence-corrected chi connectivity index (χ0v) is 12.3. The maximum absolute atomic E-state index is 12.0. The third-order valence-electron chi connectivity index (χ3n) is 3.19. The first-order valence-electron chi connectivity index (χ1n) is 6.67. The van der Waals surface area contributed by atoms with Crippen molar-refractivity contribution in [2.24, 2.45) is 0 Å². The van der Waals surface area contributed by atoms with Gasteiger partial charge < -0.3 is 15.0 Å². The molecular formula is C15H24N2O2. The molecule has 1 atom stereocenters. The average Bonchev–Trinajstić information content (AvgIpc) is 2.44. The molecule has 0 fully saturated rings. The van der Waals surface area contributed by atoms with Crippen LogP contribution in [0.5, 0.6) is 5.75 Å². The number of amides is 1. The van der Waals surface area contributed by atoms with Crippen LogP contribution in [0.1, 0.15) is 25.8 Å². The number of ether oxygens (including phenoxy) is 1. The highest BCUT2D eigenvalue weighted by molar-refractivity contribution is 5.78. The Morgan fingerprint density at radius 1 is 1.47 bits per heavy atom. The van der Waals surface area contributed by atoms with E-state index in [0.29, 0.717) is 19.1 Å². The molecule has 1 rings (SSSR count). The van der Waals surface area contributed by atoms with E-state index < -0.39 is 0 Å². The molecule has 4 nitrogen and oxygen atoms in total. The largest absolute Gasteiger partial charge is 0.497 e. The van der Waals surface area contributed by atoms with Crippen LogP contribution in [0.2, 0.25) is 0 Å². The molecule has 1 amide bonds. The summed E-state index contributed by atoms with van der Waals surface area (Å²) in [5.41, 5.74) is 1.07. The Balaban J connectivity index is 2.48. The van der Waals surface area contributed by atoms with Crippen LogP contribution in [0.4, 0.5) is 0 Å². The van der Waals surface area contributed by atoms with E-state index in [2.05, 4.69) is 19.2 Å². The number of carbonyl (C=O) groups excluding carboxylic acids is 1. The minimum atomic E-state index is 0.100. The Kier molecular flexibility index (Phi) is 6.36. The minimum absolute atomic E-state index is 0.100. The van der Waals surface area contributed by atoms with Crippen LogP contribution in [0.25, 0.3) is 0 Å². The Morgan fingerprint density at radius 3 is 2.84 bits per heavy atom. The van der Waals surface area contributed by atoms with Crippen molar-refractivity contribution in [2.75, 3.05) is 20.7 Å². The van der Waals surface area contributed by atoms with Crippen LogP contribution in [0.3, 0.4) is 0 Å². The third kappa shape index (κ3) is 5.30. The lowest BCUT2D eigenvalue weighted by molar-refractivity contribution is -0.129. The van der Waals surface area contributed by atoms with Gasteiger partial charge in [0.25, 0.3) is 0 Å². The number of methoxy groups -OCH3 is 1. The van der Waals surface area contributed by atoms with Gasteiger partial charge in [-0.05, 0) is 31.0 Å². The maximum Gasteiger partial charge on any atom is 0.236 e. The fourth-order valence-electron chi connectivity index (χ4n) is 1.67. The zero-order chi connectivity index (χ0) is 14.3. The predicted molar refractivity (Wildman–Crippen MR) is 77.2 cm³/mol. The van der Waals surface area contributed by atoms with Crippen molar-refractivity contribution in [3.63, 3.8) is 0 Å². The molecule has 4 heteroatoms. The topological polar surface area (TPSA) is 41.6 Å². The Labute approximate surface area is 115 Å². The lowest BCUT2D eigenvalue weighted by Gasteiger charge is -2.19. The average molecular weight is 264 g/mol. The van der Waals surface area contributed by atoms with Gasteiger partial charge in [0.2, 0.25) is 5.91 Å². The summed E-state index contributed by atoms with van der Waals surface area (Å²) in [5.74, 6) is 0.916. The summed E-state index contributed by atoms with van der Waals surface area (Å²) >= 11 is 0. The Morgan fingerprint density at radius 2 is 2.21 bits per heavy atom. The van der Waals surface area contributed by atoms with Gasteiger partial charge in [0.1, 0.15) is 5.75 Å². The molecule has 19 heavy (non-hydrogen) atoms. The van der Waals surface area contributed by atoms with Gasteiger partial charge in [0, 0.05) is 19.6 Å².